The highest BCUT2D eigenvalue weighted by molar-refractivity contribution is 6.36. The van der Waals surface area contributed by atoms with Crippen molar-refractivity contribution in [2.24, 2.45) is 0 Å². The molecule has 2 aromatic rings. The van der Waals surface area contributed by atoms with E-state index in [0.29, 0.717) is 23.4 Å². The first-order chi connectivity index (χ1) is 9.61. The van der Waals surface area contributed by atoms with Gasteiger partial charge in [0.1, 0.15) is 23.3 Å². The van der Waals surface area contributed by atoms with Gasteiger partial charge in [-0.15, -0.1) is 0 Å². The van der Waals surface area contributed by atoms with Crippen molar-refractivity contribution < 1.29 is 14.9 Å². The molecule has 3 atom stereocenters. The molecular weight excluding hydrogens is 278 g/mol. The van der Waals surface area contributed by atoms with Gasteiger partial charge in [-0.3, -0.25) is 4.57 Å². The Morgan fingerprint density at radius 1 is 1.55 bits per heavy atom. The minimum atomic E-state index is -0.730. The molecule has 3 heterocycles. The average molecular weight is 295 g/mol. The molecule has 8 nitrogen and oxygen atoms in total. The second kappa shape index (κ2) is 4.77. The van der Waals surface area contributed by atoms with Gasteiger partial charge in [-0.05, 0) is 0 Å². The largest absolute Gasteiger partial charge is 0.394 e. The van der Waals surface area contributed by atoms with Crippen LogP contribution in [-0.4, -0.2) is 58.1 Å². The summed E-state index contributed by atoms with van der Waals surface area (Å²) in [5.41, 5.74) is 6.91. The number of imidazole rings is 1. The Morgan fingerprint density at radius 3 is 3.00 bits per heavy atom. The molecule has 1 saturated heterocycles. The third kappa shape index (κ3) is 1.82. The first-order valence-corrected chi connectivity index (χ1v) is 8.64. The summed E-state index contributed by atoms with van der Waals surface area (Å²) in [4.78, 5) is 12.4. The lowest BCUT2D eigenvalue weighted by atomic mass is 10.2. The number of ether oxygens (including phenoxy) is 1. The number of aromatic nitrogens is 4. The molecular formula is C11H17N5O3Si. The van der Waals surface area contributed by atoms with Crippen LogP contribution >= 0.6 is 0 Å². The van der Waals surface area contributed by atoms with Crippen LogP contribution in [0.25, 0.3) is 11.2 Å². The van der Waals surface area contributed by atoms with Crippen LogP contribution in [-0.2, 0) is 10.1 Å². The minimum absolute atomic E-state index is 0.207. The Labute approximate surface area is 117 Å². The smallest absolute Gasteiger partial charge is 0.167 e. The van der Waals surface area contributed by atoms with Crippen molar-refractivity contribution in [2.45, 2.75) is 30.5 Å². The molecule has 1 fully saturated rings. The summed E-state index contributed by atoms with van der Waals surface area (Å²) < 4.78 is 7.76. The van der Waals surface area contributed by atoms with E-state index in [-0.39, 0.29) is 6.61 Å². The van der Waals surface area contributed by atoms with Crippen molar-refractivity contribution in [3.63, 3.8) is 0 Å². The van der Waals surface area contributed by atoms with Crippen molar-refractivity contribution in [3.8, 4) is 0 Å². The van der Waals surface area contributed by atoms with Gasteiger partial charge < -0.3 is 20.7 Å². The summed E-state index contributed by atoms with van der Waals surface area (Å²) in [5.74, 6) is 0.318. The van der Waals surface area contributed by atoms with Crippen molar-refractivity contribution in [1.29, 1.82) is 0 Å². The molecule has 20 heavy (non-hydrogen) atoms. The molecule has 0 saturated carbocycles. The molecule has 0 aromatic carbocycles. The zero-order valence-electron chi connectivity index (χ0n) is 11.1. The summed E-state index contributed by atoms with van der Waals surface area (Å²) in [6.45, 7) is 1.88. The van der Waals surface area contributed by atoms with Gasteiger partial charge >= 0.3 is 0 Å². The normalized spacial score (nSPS) is 30.8. The van der Waals surface area contributed by atoms with E-state index < -0.39 is 27.1 Å². The zero-order valence-corrected chi connectivity index (χ0v) is 12.5. The maximum Gasteiger partial charge on any atom is 0.167 e. The Hall–Kier alpha value is -1.55. The number of fused-ring (bicyclic) bond motifs is 1. The predicted octanol–water partition coefficient (Wildman–Crippen LogP) is -1.62. The van der Waals surface area contributed by atoms with E-state index in [1.807, 2.05) is 4.57 Å². The molecule has 0 bridgehead atoms. The molecule has 0 amide bonds. The number of anilines is 1. The van der Waals surface area contributed by atoms with Gasteiger partial charge in [-0.25, -0.2) is 15.0 Å². The molecule has 1 aliphatic rings. The quantitative estimate of drug-likeness (QED) is 0.582. The topological polar surface area (TPSA) is 119 Å². The van der Waals surface area contributed by atoms with Gasteiger partial charge in [0.05, 0.1) is 28.6 Å². The van der Waals surface area contributed by atoms with Gasteiger partial charge in [0.25, 0.3) is 0 Å². The Kier molecular flexibility index (Phi) is 3.20. The first kappa shape index (κ1) is 13.4. The first-order valence-electron chi connectivity index (χ1n) is 6.52. The van der Waals surface area contributed by atoms with Crippen LogP contribution in [0.1, 0.15) is 6.42 Å². The molecule has 0 aliphatic carbocycles. The van der Waals surface area contributed by atoms with Crippen molar-refractivity contribution in [1.82, 2.24) is 19.5 Å². The average Bonchev–Trinajstić information content (AvgIpc) is 3.01. The number of nitrogens with zero attached hydrogens (tertiary/aromatic N) is 4. The molecule has 2 aromatic heterocycles. The van der Waals surface area contributed by atoms with E-state index >= 15 is 0 Å². The lowest BCUT2D eigenvalue weighted by molar-refractivity contribution is -0.0679. The fraction of sp³-hybridized carbons (Fsp3) is 0.545. The van der Waals surface area contributed by atoms with Gasteiger partial charge in [0, 0.05) is 6.42 Å². The number of nitrogens with two attached hydrogens (primary N) is 1. The summed E-state index contributed by atoms with van der Waals surface area (Å²) >= 11 is 0. The van der Waals surface area contributed by atoms with E-state index in [1.54, 1.807) is 6.33 Å². The van der Waals surface area contributed by atoms with Crippen LogP contribution in [0, 0.1) is 0 Å². The monoisotopic (exact) mass is 295 g/mol. The molecule has 0 radical (unpaired) electrons. The van der Waals surface area contributed by atoms with E-state index in [9.17, 15) is 10.2 Å². The van der Waals surface area contributed by atoms with E-state index in [0.717, 1.165) is 0 Å². The lowest BCUT2D eigenvalue weighted by Crippen LogP contribution is -2.39. The highest BCUT2D eigenvalue weighted by Crippen LogP contribution is 2.36. The Morgan fingerprint density at radius 2 is 2.35 bits per heavy atom. The maximum absolute atomic E-state index is 10.0. The lowest BCUT2D eigenvalue weighted by Gasteiger charge is -2.29. The Balaban J connectivity index is 2.11. The predicted molar refractivity (Wildman–Crippen MR) is 74.7 cm³/mol. The highest BCUT2D eigenvalue weighted by atomic mass is 28.2. The van der Waals surface area contributed by atoms with Crippen molar-refractivity contribution in [3.05, 3.63) is 12.7 Å². The minimum Gasteiger partial charge on any atom is -0.394 e. The number of aliphatic hydroxyl groups is 2. The molecule has 4 N–H and O–H groups in total. The fourth-order valence-corrected chi connectivity index (χ4v) is 4.27. The van der Waals surface area contributed by atoms with Crippen LogP contribution in [0.3, 0.4) is 0 Å². The third-order valence-electron chi connectivity index (χ3n) is 3.86. The summed E-state index contributed by atoms with van der Waals surface area (Å²) in [6.07, 6.45) is 2.17. The van der Waals surface area contributed by atoms with Crippen LogP contribution in [0.4, 0.5) is 5.82 Å². The van der Waals surface area contributed by atoms with Gasteiger partial charge in [-0.1, -0.05) is 6.55 Å². The molecule has 108 valence electrons. The molecule has 9 heteroatoms. The SMILES string of the molecule is C[SiH2][C@]1(n2cnc3c(N)ncnc32)C[C@H](O)[C@@H](CO)O1. The number of aliphatic hydroxyl groups excluding tert-OH is 2. The van der Waals surface area contributed by atoms with Crippen LogP contribution in [0.15, 0.2) is 12.7 Å². The van der Waals surface area contributed by atoms with Gasteiger partial charge in [0.15, 0.2) is 11.5 Å². The summed E-state index contributed by atoms with van der Waals surface area (Å²) in [6, 6.07) is 0. The number of nitrogen functional groups attached to an aromatic ring is 1. The number of hydrogen-bond donors (Lipinski definition) is 3. The van der Waals surface area contributed by atoms with Gasteiger partial charge in [0.2, 0.25) is 0 Å². The summed E-state index contributed by atoms with van der Waals surface area (Å²) in [7, 11) is -0.730. The molecule has 3 rings (SSSR count). The molecule has 0 spiro atoms. The maximum atomic E-state index is 10.0. The fourth-order valence-electron chi connectivity index (χ4n) is 2.73. The Bertz CT molecular complexity index is 636. The van der Waals surface area contributed by atoms with Crippen LogP contribution < -0.4 is 5.73 Å². The molecule has 1 aliphatic heterocycles. The van der Waals surface area contributed by atoms with E-state index in [4.69, 9.17) is 10.5 Å². The number of hydrogen-bond acceptors (Lipinski definition) is 7. The van der Waals surface area contributed by atoms with Crippen LogP contribution in [0.5, 0.6) is 0 Å². The van der Waals surface area contributed by atoms with E-state index in [1.165, 1.54) is 6.33 Å². The standard InChI is InChI=1S/C11H17N5O3Si/c1-20-11(2-6(18)7(3-17)19-11)16-5-15-8-9(12)13-4-14-10(8)16/h4-7,17-18H,2-3,20H2,1H3,(H2,12,13,14)/t6-,7+,11-/m0/s1. The second-order valence-corrected chi connectivity index (χ2v) is 6.77. The van der Waals surface area contributed by atoms with Gasteiger partial charge in [-0.2, -0.15) is 0 Å². The summed E-state index contributed by atoms with van der Waals surface area (Å²) in [5, 5.41) is 18.7. The second-order valence-electron chi connectivity index (χ2n) is 4.96. The van der Waals surface area contributed by atoms with Crippen molar-refractivity contribution in [2.75, 3.05) is 12.3 Å². The van der Waals surface area contributed by atoms with E-state index in [2.05, 4.69) is 21.5 Å². The van der Waals surface area contributed by atoms with Crippen LogP contribution in [0.2, 0.25) is 6.55 Å². The molecule has 0 unspecified atom stereocenters. The van der Waals surface area contributed by atoms with Crippen molar-refractivity contribution >= 4 is 26.5 Å². The third-order valence-corrected chi connectivity index (χ3v) is 5.76. The number of rotatable bonds is 3. The highest BCUT2D eigenvalue weighted by Gasteiger charge is 2.46. The zero-order chi connectivity index (χ0) is 14.3.